The molecule has 1 heterocycles. The molecule has 1 saturated heterocycles. The second-order valence-electron chi connectivity index (χ2n) is 2.55. The average molecular weight is 144 g/mol. The molecule has 0 aromatic rings. The molecule has 1 rings (SSSR count). The summed E-state index contributed by atoms with van der Waals surface area (Å²) in [6, 6.07) is 0. The van der Waals surface area contributed by atoms with Gasteiger partial charge < -0.3 is 5.73 Å². The fourth-order valence-electron chi connectivity index (χ4n) is 1.08. The molecule has 60 valence electrons. The van der Waals surface area contributed by atoms with Crippen LogP contribution in [0.5, 0.6) is 0 Å². The second kappa shape index (κ2) is 3.88. The normalized spacial score (nSPS) is 23.4. The third-order valence-electron chi connectivity index (χ3n) is 1.78. The molecule has 0 saturated carbocycles. The first-order valence-electron chi connectivity index (χ1n) is 3.72. The van der Waals surface area contributed by atoms with Crippen LogP contribution in [-0.2, 0) is 0 Å². The van der Waals surface area contributed by atoms with Gasteiger partial charge in [-0.3, -0.25) is 15.1 Å². The van der Waals surface area contributed by atoms with Gasteiger partial charge in [0.15, 0.2) is 0 Å². The van der Waals surface area contributed by atoms with E-state index in [1.165, 1.54) is 0 Å². The first-order valence-corrected chi connectivity index (χ1v) is 3.72. The molecule has 0 unspecified atom stereocenters. The zero-order valence-electron chi connectivity index (χ0n) is 6.51. The van der Waals surface area contributed by atoms with Crippen LogP contribution < -0.4 is 11.1 Å². The standard InChI is InChI=1S/C6H16N4/c1-2-9-4-8-5-10(3-7)6-9/h8H,2-7H2,1H3. The summed E-state index contributed by atoms with van der Waals surface area (Å²) in [7, 11) is 0. The van der Waals surface area contributed by atoms with Crippen molar-refractivity contribution in [2.75, 3.05) is 33.2 Å². The van der Waals surface area contributed by atoms with Gasteiger partial charge >= 0.3 is 0 Å². The minimum Gasteiger partial charge on any atom is -0.318 e. The van der Waals surface area contributed by atoms with Gasteiger partial charge in [0.2, 0.25) is 0 Å². The maximum Gasteiger partial charge on any atom is 0.0542 e. The molecular weight excluding hydrogens is 128 g/mol. The molecule has 3 N–H and O–H groups in total. The third-order valence-corrected chi connectivity index (χ3v) is 1.78. The van der Waals surface area contributed by atoms with Gasteiger partial charge in [0.1, 0.15) is 0 Å². The van der Waals surface area contributed by atoms with Crippen molar-refractivity contribution in [3.05, 3.63) is 0 Å². The summed E-state index contributed by atoms with van der Waals surface area (Å²) in [5.74, 6) is 0. The first kappa shape index (κ1) is 7.94. The Morgan fingerprint density at radius 1 is 1.40 bits per heavy atom. The summed E-state index contributed by atoms with van der Waals surface area (Å²) in [5.41, 5.74) is 5.48. The minimum atomic E-state index is 0.642. The van der Waals surface area contributed by atoms with Gasteiger partial charge in [-0.1, -0.05) is 6.92 Å². The lowest BCUT2D eigenvalue weighted by Gasteiger charge is -2.34. The Labute approximate surface area is 62.0 Å². The maximum atomic E-state index is 5.48. The summed E-state index contributed by atoms with van der Waals surface area (Å²) >= 11 is 0. The SMILES string of the molecule is CCN1CNCN(CN)C1. The van der Waals surface area contributed by atoms with E-state index >= 15 is 0 Å². The summed E-state index contributed by atoms with van der Waals surface area (Å²) in [6.45, 7) is 6.80. The predicted molar refractivity (Wildman–Crippen MR) is 41.0 cm³/mol. The van der Waals surface area contributed by atoms with E-state index in [2.05, 4.69) is 22.0 Å². The Morgan fingerprint density at radius 2 is 2.10 bits per heavy atom. The largest absolute Gasteiger partial charge is 0.318 e. The molecule has 0 radical (unpaired) electrons. The molecule has 1 fully saturated rings. The molecule has 0 bridgehead atoms. The van der Waals surface area contributed by atoms with Gasteiger partial charge in [0.25, 0.3) is 0 Å². The highest BCUT2D eigenvalue weighted by atomic mass is 15.4. The molecule has 0 spiro atoms. The van der Waals surface area contributed by atoms with Crippen molar-refractivity contribution in [2.45, 2.75) is 6.92 Å². The van der Waals surface area contributed by atoms with E-state index in [0.717, 1.165) is 26.6 Å². The van der Waals surface area contributed by atoms with Crippen molar-refractivity contribution in [3.8, 4) is 0 Å². The smallest absolute Gasteiger partial charge is 0.0542 e. The maximum absolute atomic E-state index is 5.48. The first-order chi connectivity index (χ1) is 4.86. The molecule has 10 heavy (non-hydrogen) atoms. The summed E-state index contributed by atoms with van der Waals surface area (Å²) in [4.78, 5) is 4.46. The number of nitrogens with two attached hydrogens (primary N) is 1. The van der Waals surface area contributed by atoms with Crippen LogP contribution in [0.4, 0.5) is 0 Å². The summed E-state index contributed by atoms with van der Waals surface area (Å²) < 4.78 is 0. The number of hydrogen-bond acceptors (Lipinski definition) is 4. The van der Waals surface area contributed by atoms with Crippen LogP contribution in [0.1, 0.15) is 6.92 Å². The third kappa shape index (κ3) is 1.91. The van der Waals surface area contributed by atoms with Crippen molar-refractivity contribution in [3.63, 3.8) is 0 Å². The number of rotatable bonds is 2. The Hall–Kier alpha value is -0.160. The van der Waals surface area contributed by atoms with Crippen molar-refractivity contribution in [2.24, 2.45) is 5.73 Å². The van der Waals surface area contributed by atoms with Crippen LogP contribution in [0.3, 0.4) is 0 Å². The van der Waals surface area contributed by atoms with Gasteiger partial charge in [-0.2, -0.15) is 0 Å². The monoisotopic (exact) mass is 144 g/mol. The van der Waals surface area contributed by atoms with E-state index in [4.69, 9.17) is 5.73 Å². The van der Waals surface area contributed by atoms with E-state index in [1.54, 1.807) is 0 Å². The predicted octanol–water partition coefficient (Wildman–Crippen LogP) is -0.998. The molecule has 0 amide bonds. The lowest BCUT2D eigenvalue weighted by atomic mass is 10.5. The lowest BCUT2D eigenvalue weighted by molar-refractivity contribution is 0.0720. The van der Waals surface area contributed by atoms with Crippen molar-refractivity contribution < 1.29 is 0 Å². The summed E-state index contributed by atoms with van der Waals surface area (Å²) in [5, 5.41) is 3.26. The van der Waals surface area contributed by atoms with Gasteiger partial charge in [-0.15, -0.1) is 0 Å². The molecule has 0 aromatic carbocycles. The van der Waals surface area contributed by atoms with Crippen LogP contribution in [0.15, 0.2) is 0 Å². The van der Waals surface area contributed by atoms with Crippen LogP contribution >= 0.6 is 0 Å². The van der Waals surface area contributed by atoms with Crippen LogP contribution in [0, 0.1) is 0 Å². The summed E-state index contributed by atoms with van der Waals surface area (Å²) in [6.07, 6.45) is 0. The Balaban J connectivity index is 2.25. The quantitative estimate of drug-likeness (QED) is 0.522. The fourth-order valence-corrected chi connectivity index (χ4v) is 1.08. The molecule has 1 aliphatic rings. The van der Waals surface area contributed by atoms with Gasteiger partial charge in [0, 0.05) is 6.67 Å². The number of nitrogens with one attached hydrogen (secondary N) is 1. The Morgan fingerprint density at radius 3 is 2.70 bits per heavy atom. The zero-order chi connectivity index (χ0) is 7.40. The zero-order valence-corrected chi connectivity index (χ0v) is 6.51. The topological polar surface area (TPSA) is 44.5 Å². The van der Waals surface area contributed by atoms with Crippen molar-refractivity contribution in [1.82, 2.24) is 15.1 Å². The molecule has 1 aliphatic heterocycles. The van der Waals surface area contributed by atoms with Crippen molar-refractivity contribution >= 4 is 0 Å². The highest BCUT2D eigenvalue weighted by Crippen LogP contribution is 1.94. The Bertz CT molecular complexity index is 85.7. The van der Waals surface area contributed by atoms with E-state index in [9.17, 15) is 0 Å². The lowest BCUT2D eigenvalue weighted by Crippen LogP contribution is -2.54. The molecule has 0 aliphatic carbocycles. The fraction of sp³-hybridized carbons (Fsp3) is 1.00. The average Bonchev–Trinajstić information content (AvgIpc) is 2.05. The molecule has 0 aromatic heterocycles. The molecular formula is C6H16N4. The number of hydrogen-bond donors (Lipinski definition) is 2. The van der Waals surface area contributed by atoms with Crippen LogP contribution in [0.25, 0.3) is 0 Å². The van der Waals surface area contributed by atoms with Crippen molar-refractivity contribution in [1.29, 1.82) is 0 Å². The minimum absolute atomic E-state index is 0.642. The highest BCUT2D eigenvalue weighted by molar-refractivity contribution is 4.61. The van der Waals surface area contributed by atoms with Gasteiger partial charge in [-0.25, -0.2) is 0 Å². The van der Waals surface area contributed by atoms with Crippen LogP contribution in [-0.4, -0.2) is 43.0 Å². The molecule has 4 nitrogen and oxygen atoms in total. The highest BCUT2D eigenvalue weighted by Gasteiger charge is 2.12. The van der Waals surface area contributed by atoms with E-state index in [-0.39, 0.29) is 0 Å². The van der Waals surface area contributed by atoms with Gasteiger partial charge in [0.05, 0.1) is 20.0 Å². The van der Waals surface area contributed by atoms with Crippen LogP contribution in [0.2, 0.25) is 0 Å². The van der Waals surface area contributed by atoms with E-state index in [0.29, 0.717) is 6.67 Å². The van der Waals surface area contributed by atoms with E-state index in [1.807, 2.05) is 0 Å². The van der Waals surface area contributed by atoms with Gasteiger partial charge in [-0.05, 0) is 6.54 Å². The molecule has 4 heteroatoms. The molecule has 0 atom stereocenters. The second-order valence-corrected chi connectivity index (χ2v) is 2.55. The number of nitrogens with zero attached hydrogens (tertiary/aromatic N) is 2. The van der Waals surface area contributed by atoms with E-state index < -0.39 is 0 Å². The Kier molecular flexibility index (Phi) is 3.08.